The maximum atomic E-state index is 5.52. The second-order valence-electron chi connectivity index (χ2n) is 2.90. The van der Waals surface area contributed by atoms with Gasteiger partial charge in [0.25, 0.3) is 0 Å². The largest absolute Gasteiger partial charge is 0.326 e. The zero-order chi connectivity index (χ0) is 8.55. The summed E-state index contributed by atoms with van der Waals surface area (Å²) >= 11 is 0. The van der Waals surface area contributed by atoms with Crippen LogP contribution in [0.15, 0.2) is 24.4 Å². The van der Waals surface area contributed by atoms with Crippen LogP contribution in [0.5, 0.6) is 0 Å². The summed E-state index contributed by atoms with van der Waals surface area (Å²) in [6.07, 6.45) is 1.99. The Bertz CT molecular complexity index is 403. The molecule has 3 nitrogen and oxygen atoms in total. The van der Waals surface area contributed by atoms with E-state index in [1.54, 1.807) is 0 Å². The van der Waals surface area contributed by atoms with Gasteiger partial charge in [-0.1, -0.05) is 6.07 Å². The van der Waals surface area contributed by atoms with E-state index in [4.69, 9.17) is 5.73 Å². The number of rotatable bonds is 1. The van der Waals surface area contributed by atoms with E-state index >= 15 is 0 Å². The smallest absolute Gasteiger partial charge is 0.0923 e. The highest BCUT2D eigenvalue weighted by molar-refractivity contribution is 5.78. The van der Waals surface area contributed by atoms with Crippen LogP contribution in [0.25, 0.3) is 10.9 Å². The van der Waals surface area contributed by atoms with Gasteiger partial charge >= 0.3 is 0 Å². The predicted molar refractivity (Wildman–Crippen MR) is 48.6 cm³/mol. The molecule has 0 spiro atoms. The van der Waals surface area contributed by atoms with Gasteiger partial charge in [0.05, 0.1) is 5.52 Å². The van der Waals surface area contributed by atoms with Crippen molar-refractivity contribution in [2.45, 2.75) is 6.54 Å². The van der Waals surface area contributed by atoms with Crippen molar-refractivity contribution >= 4 is 10.9 Å². The molecule has 12 heavy (non-hydrogen) atoms. The van der Waals surface area contributed by atoms with Gasteiger partial charge in [0.15, 0.2) is 0 Å². The number of nitrogens with zero attached hydrogens (tertiary/aromatic N) is 2. The summed E-state index contributed by atoms with van der Waals surface area (Å²) in [6.45, 7) is 0.588. The van der Waals surface area contributed by atoms with Crippen LogP contribution in [0, 0.1) is 0 Å². The van der Waals surface area contributed by atoms with Gasteiger partial charge in [-0.05, 0) is 17.7 Å². The number of fused-ring (bicyclic) bond motifs is 1. The van der Waals surface area contributed by atoms with Crippen molar-refractivity contribution in [3.05, 3.63) is 30.0 Å². The van der Waals surface area contributed by atoms with Crippen LogP contribution in [0.2, 0.25) is 0 Å². The zero-order valence-electron chi connectivity index (χ0n) is 6.99. The second-order valence-corrected chi connectivity index (χ2v) is 2.90. The molecule has 0 atom stereocenters. The molecule has 1 heterocycles. The summed E-state index contributed by atoms with van der Waals surface area (Å²) in [5, 5.41) is 5.42. The highest BCUT2D eigenvalue weighted by Crippen LogP contribution is 2.13. The summed E-state index contributed by atoms with van der Waals surface area (Å²) < 4.78 is 1.81. The number of nitrogens with two attached hydrogens (primary N) is 1. The quantitative estimate of drug-likeness (QED) is 0.679. The lowest BCUT2D eigenvalue weighted by molar-refractivity contribution is 0.780. The molecular formula is C9H11N3. The summed E-state index contributed by atoms with van der Waals surface area (Å²) in [7, 11) is 1.92. The fraction of sp³-hybridized carbons (Fsp3) is 0.222. The van der Waals surface area contributed by atoms with E-state index in [1.165, 1.54) is 0 Å². The van der Waals surface area contributed by atoms with Crippen molar-refractivity contribution < 1.29 is 0 Å². The fourth-order valence-electron chi connectivity index (χ4n) is 1.33. The minimum atomic E-state index is 0.588. The molecule has 2 N–H and O–H groups in total. The molecular weight excluding hydrogens is 150 g/mol. The molecule has 3 heteroatoms. The lowest BCUT2D eigenvalue weighted by Crippen LogP contribution is -1.94. The molecule has 0 aliphatic heterocycles. The molecule has 1 aromatic carbocycles. The van der Waals surface area contributed by atoms with Gasteiger partial charge in [-0.25, -0.2) is 0 Å². The zero-order valence-corrected chi connectivity index (χ0v) is 6.99. The van der Waals surface area contributed by atoms with Crippen molar-refractivity contribution in [2.24, 2.45) is 12.8 Å². The van der Waals surface area contributed by atoms with E-state index < -0.39 is 0 Å². The number of hydrogen-bond acceptors (Lipinski definition) is 2. The Labute approximate surface area is 70.8 Å². The molecule has 0 radical (unpaired) electrons. The molecule has 0 aliphatic rings. The van der Waals surface area contributed by atoms with E-state index in [2.05, 4.69) is 11.2 Å². The Kier molecular flexibility index (Phi) is 1.59. The first kappa shape index (κ1) is 7.31. The molecule has 62 valence electrons. The normalized spacial score (nSPS) is 10.8. The van der Waals surface area contributed by atoms with Crippen molar-refractivity contribution in [1.29, 1.82) is 0 Å². The lowest BCUT2D eigenvalue weighted by atomic mass is 10.2. The molecule has 2 rings (SSSR count). The predicted octanol–water partition coefficient (Wildman–Crippen LogP) is 1.03. The monoisotopic (exact) mass is 161 g/mol. The van der Waals surface area contributed by atoms with Gasteiger partial charge < -0.3 is 5.73 Å². The Morgan fingerprint density at radius 3 is 3.08 bits per heavy atom. The first-order chi connectivity index (χ1) is 5.79. The molecule has 0 unspecified atom stereocenters. The van der Waals surface area contributed by atoms with Crippen LogP contribution in [0.4, 0.5) is 0 Å². The molecule has 2 aromatic rings. The first-order valence-corrected chi connectivity index (χ1v) is 3.92. The van der Waals surface area contributed by atoms with Crippen LogP contribution in [0.1, 0.15) is 5.56 Å². The van der Waals surface area contributed by atoms with Crippen molar-refractivity contribution in [3.8, 4) is 0 Å². The number of aryl methyl sites for hydroxylation is 1. The van der Waals surface area contributed by atoms with Crippen LogP contribution < -0.4 is 5.73 Å². The van der Waals surface area contributed by atoms with Crippen molar-refractivity contribution in [3.63, 3.8) is 0 Å². The summed E-state index contributed by atoms with van der Waals surface area (Å²) in [6, 6.07) is 6.08. The Morgan fingerprint density at radius 2 is 2.33 bits per heavy atom. The van der Waals surface area contributed by atoms with Gasteiger partial charge in [0, 0.05) is 25.2 Å². The van der Waals surface area contributed by atoms with E-state index in [1.807, 2.05) is 30.1 Å². The van der Waals surface area contributed by atoms with Crippen LogP contribution in [-0.2, 0) is 13.6 Å². The van der Waals surface area contributed by atoms with Gasteiger partial charge in [-0.15, -0.1) is 0 Å². The second kappa shape index (κ2) is 2.60. The third kappa shape index (κ3) is 1.08. The number of hydrogen-bond donors (Lipinski definition) is 1. The Morgan fingerprint density at radius 1 is 1.50 bits per heavy atom. The van der Waals surface area contributed by atoms with Gasteiger partial charge in [-0.2, -0.15) is 5.10 Å². The number of aromatic nitrogens is 2. The van der Waals surface area contributed by atoms with Crippen LogP contribution in [-0.4, -0.2) is 9.78 Å². The maximum absolute atomic E-state index is 5.52. The SMILES string of the molecule is Cn1cc2cc(CN)ccc2n1. The van der Waals surface area contributed by atoms with Gasteiger partial charge in [-0.3, -0.25) is 4.68 Å². The third-order valence-electron chi connectivity index (χ3n) is 1.92. The molecule has 0 saturated heterocycles. The highest BCUT2D eigenvalue weighted by Gasteiger charge is 1.97. The summed E-state index contributed by atoms with van der Waals surface area (Å²) in [5.41, 5.74) is 7.69. The average molecular weight is 161 g/mol. The van der Waals surface area contributed by atoms with Gasteiger partial charge in [0.2, 0.25) is 0 Å². The van der Waals surface area contributed by atoms with Gasteiger partial charge in [0.1, 0.15) is 0 Å². The molecule has 0 amide bonds. The van der Waals surface area contributed by atoms with E-state index in [9.17, 15) is 0 Å². The molecule has 0 saturated carbocycles. The van der Waals surface area contributed by atoms with Crippen molar-refractivity contribution in [2.75, 3.05) is 0 Å². The third-order valence-corrected chi connectivity index (χ3v) is 1.92. The highest BCUT2D eigenvalue weighted by atomic mass is 15.2. The molecule has 1 aromatic heterocycles. The van der Waals surface area contributed by atoms with E-state index in [0.717, 1.165) is 16.5 Å². The van der Waals surface area contributed by atoms with E-state index in [0.29, 0.717) is 6.54 Å². The minimum absolute atomic E-state index is 0.588. The van der Waals surface area contributed by atoms with E-state index in [-0.39, 0.29) is 0 Å². The molecule has 0 bridgehead atoms. The Balaban J connectivity index is 2.66. The molecule has 0 aliphatic carbocycles. The summed E-state index contributed by atoms with van der Waals surface area (Å²) in [5.74, 6) is 0. The molecule has 0 fully saturated rings. The summed E-state index contributed by atoms with van der Waals surface area (Å²) in [4.78, 5) is 0. The number of benzene rings is 1. The minimum Gasteiger partial charge on any atom is -0.326 e. The lowest BCUT2D eigenvalue weighted by Gasteiger charge is -1.93. The van der Waals surface area contributed by atoms with Crippen LogP contribution in [0.3, 0.4) is 0 Å². The first-order valence-electron chi connectivity index (χ1n) is 3.92. The topological polar surface area (TPSA) is 43.8 Å². The standard InChI is InChI=1S/C9H11N3/c1-12-6-8-4-7(5-10)2-3-9(8)11-12/h2-4,6H,5,10H2,1H3. The van der Waals surface area contributed by atoms with Crippen molar-refractivity contribution in [1.82, 2.24) is 9.78 Å². The Hall–Kier alpha value is -1.35. The van der Waals surface area contributed by atoms with Crippen LogP contribution >= 0.6 is 0 Å². The average Bonchev–Trinajstić information content (AvgIpc) is 2.43. The maximum Gasteiger partial charge on any atom is 0.0923 e. The fourth-order valence-corrected chi connectivity index (χ4v) is 1.33.